The van der Waals surface area contributed by atoms with Crippen LogP contribution in [-0.4, -0.2) is 4.98 Å². The summed E-state index contributed by atoms with van der Waals surface area (Å²) in [5.74, 6) is 1.34. The lowest BCUT2D eigenvalue weighted by atomic mass is 9.80. The average Bonchev–Trinajstić information content (AvgIpc) is 2.48. The molecule has 0 aliphatic rings. The van der Waals surface area contributed by atoms with Gasteiger partial charge < -0.3 is 4.98 Å². The molecule has 0 bridgehead atoms. The quantitative estimate of drug-likeness (QED) is 0.728. The van der Waals surface area contributed by atoms with Gasteiger partial charge in [0, 0.05) is 12.4 Å². The van der Waals surface area contributed by atoms with Crippen LogP contribution in [0.4, 0.5) is 0 Å². The molecule has 0 radical (unpaired) electrons. The molecule has 0 saturated carbocycles. The number of hydrogen-bond acceptors (Lipinski definition) is 0. The van der Waals surface area contributed by atoms with Crippen molar-refractivity contribution >= 4 is 0 Å². The highest BCUT2D eigenvalue weighted by atomic mass is 14.7. The molecule has 1 heteroatoms. The van der Waals surface area contributed by atoms with E-state index in [1.54, 1.807) is 0 Å². The van der Waals surface area contributed by atoms with Crippen molar-refractivity contribution in [2.75, 3.05) is 0 Å². The van der Waals surface area contributed by atoms with Gasteiger partial charge in [0.25, 0.3) is 0 Å². The summed E-state index contributed by atoms with van der Waals surface area (Å²) in [6.45, 7) is 13.7. The van der Waals surface area contributed by atoms with Crippen molar-refractivity contribution in [3.63, 3.8) is 0 Å². The van der Waals surface area contributed by atoms with Gasteiger partial charge in [0.05, 0.1) is 0 Å². The highest BCUT2D eigenvalue weighted by Gasteiger charge is 2.22. The van der Waals surface area contributed by atoms with E-state index in [9.17, 15) is 0 Å². The van der Waals surface area contributed by atoms with Crippen LogP contribution in [0.3, 0.4) is 0 Å². The van der Waals surface area contributed by atoms with Crippen LogP contribution >= 0.6 is 0 Å². The predicted octanol–water partition coefficient (Wildman–Crippen LogP) is 4.07. The molecule has 80 valence electrons. The summed E-state index contributed by atoms with van der Waals surface area (Å²) in [4.78, 5) is 3.24. The van der Waals surface area contributed by atoms with E-state index in [0.717, 1.165) is 0 Å². The van der Waals surface area contributed by atoms with Gasteiger partial charge in [0.1, 0.15) is 0 Å². The van der Waals surface area contributed by atoms with Gasteiger partial charge in [0.15, 0.2) is 0 Å². The van der Waals surface area contributed by atoms with Crippen molar-refractivity contribution in [1.29, 1.82) is 0 Å². The second-order valence-corrected chi connectivity index (χ2v) is 5.61. The molecular formula is C13H23N. The van der Waals surface area contributed by atoms with Gasteiger partial charge in [-0.15, -0.1) is 0 Å². The van der Waals surface area contributed by atoms with Gasteiger partial charge in [-0.25, -0.2) is 0 Å². The number of nitrogens with one attached hydrogen (secondary N) is 1. The first-order valence-corrected chi connectivity index (χ1v) is 5.51. The third-order valence-corrected chi connectivity index (χ3v) is 3.08. The van der Waals surface area contributed by atoms with Crippen molar-refractivity contribution in [2.24, 2.45) is 5.92 Å². The summed E-state index contributed by atoms with van der Waals surface area (Å²) in [5.41, 5.74) is 3.18. The van der Waals surface area contributed by atoms with E-state index >= 15 is 0 Å². The SMILES string of the molecule is CC(C)C(C)c1c[nH]cc1C(C)(C)C. The van der Waals surface area contributed by atoms with Crippen LogP contribution in [0, 0.1) is 5.92 Å². The van der Waals surface area contributed by atoms with E-state index in [1.807, 2.05) is 0 Å². The summed E-state index contributed by atoms with van der Waals surface area (Å²) >= 11 is 0. The Labute approximate surface area is 87.9 Å². The van der Waals surface area contributed by atoms with Crippen LogP contribution in [0.1, 0.15) is 58.6 Å². The molecule has 1 atom stereocenters. The van der Waals surface area contributed by atoms with Crippen LogP contribution in [0.15, 0.2) is 12.4 Å². The van der Waals surface area contributed by atoms with Gasteiger partial charge >= 0.3 is 0 Å². The first-order valence-electron chi connectivity index (χ1n) is 5.51. The molecular weight excluding hydrogens is 170 g/mol. The van der Waals surface area contributed by atoms with Gasteiger partial charge in [-0.1, -0.05) is 41.5 Å². The van der Waals surface area contributed by atoms with Crippen molar-refractivity contribution in [3.8, 4) is 0 Å². The molecule has 1 N–H and O–H groups in total. The lowest BCUT2D eigenvalue weighted by Gasteiger charge is -2.24. The Morgan fingerprint density at radius 1 is 1.07 bits per heavy atom. The first-order chi connectivity index (χ1) is 6.34. The number of aromatic nitrogens is 1. The molecule has 1 heterocycles. The molecule has 1 aromatic rings. The summed E-state index contributed by atoms with van der Waals surface area (Å²) in [6, 6.07) is 0. The Balaban J connectivity index is 3.05. The predicted molar refractivity (Wildman–Crippen MR) is 62.7 cm³/mol. The maximum Gasteiger partial charge on any atom is 0.00456 e. The second kappa shape index (κ2) is 3.80. The normalized spacial score (nSPS) is 14.8. The monoisotopic (exact) mass is 193 g/mol. The Morgan fingerprint density at radius 3 is 2.07 bits per heavy atom. The summed E-state index contributed by atoms with van der Waals surface area (Å²) in [7, 11) is 0. The lowest BCUT2D eigenvalue weighted by molar-refractivity contribution is 0.512. The molecule has 0 aliphatic heterocycles. The molecule has 0 fully saturated rings. The number of hydrogen-bond donors (Lipinski definition) is 1. The molecule has 1 unspecified atom stereocenters. The minimum atomic E-state index is 0.248. The highest BCUT2D eigenvalue weighted by Crippen LogP contribution is 2.33. The largest absolute Gasteiger partial charge is 0.367 e. The third kappa shape index (κ3) is 2.20. The second-order valence-electron chi connectivity index (χ2n) is 5.61. The molecule has 0 amide bonds. The maximum absolute atomic E-state index is 3.24. The number of H-pyrrole nitrogens is 1. The molecule has 0 aromatic carbocycles. The Bertz CT molecular complexity index is 288. The fourth-order valence-corrected chi connectivity index (χ4v) is 1.76. The smallest absolute Gasteiger partial charge is 0.00456 e. The van der Waals surface area contributed by atoms with E-state index in [-0.39, 0.29) is 5.41 Å². The molecule has 1 nitrogen and oxygen atoms in total. The number of aromatic amines is 1. The Kier molecular flexibility index (Phi) is 3.08. The molecule has 0 saturated heterocycles. The number of rotatable bonds is 2. The minimum absolute atomic E-state index is 0.248. The zero-order valence-electron chi connectivity index (χ0n) is 10.3. The summed E-state index contributed by atoms with van der Waals surface area (Å²) < 4.78 is 0. The summed E-state index contributed by atoms with van der Waals surface area (Å²) in [5, 5.41) is 0. The van der Waals surface area contributed by atoms with Crippen LogP contribution in [0.2, 0.25) is 0 Å². The van der Waals surface area contributed by atoms with Gasteiger partial charge in [-0.3, -0.25) is 0 Å². The van der Waals surface area contributed by atoms with Gasteiger partial charge in [0.2, 0.25) is 0 Å². The van der Waals surface area contributed by atoms with Crippen LogP contribution in [0.5, 0.6) is 0 Å². The lowest BCUT2D eigenvalue weighted by Crippen LogP contribution is -2.15. The highest BCUT2D eigenvalue weighted by molar-refractivity contribution is 5.32. The van der Waals surface area contributed by atoms with Gasteiger partial charge in [-0.2, -0.15) is 0 Å². The molecule has 1 rings (SSSR count). The zero-order chi connectivity index (χ0) is 10.9. The Morgan fingerprint density at radius 2 is 1.64 bits per heavy atom. The van der Waals surface area contributed by atoms with Gasteiger partial charge in [-0.05, 0) is 28.4 Å². The topological polar surface area (TPSA) is 15.8 Å². The van der Waals surface area contributed by atoms with Crippen molar-refractivity contribution in [1.82, 2.24) is 4.98 Å². The van der Waals surface area contributed by atoms with E-state index < -0.39 is 0 Å². The zero-order valence-corrected chi connectivity index (χ0v) is 10.3. The Hall–Kier alpha value is -0.720. The van der Waals surface area contributed by atoms with E-state index in [1.165, 1.54) is 11.1 Å². The molecule has 0 aliphatic carbocycles. The van der Waals surface area contributed by atoms with E-state index in [4.69, 9.17) is 0 Å². The average molecular weight is 193 g/mol. The van der Waals surface area contributed by atoms with Crippen LogP contribution < -0.4 is 0 Å². The van der Waals surface area contributed by atoms with Crippen molar-refractivity contribution in [2.45, 2.75) is 52.9 Å². The first kappa shape index (κ1) is 11.4. The summed E-state index contributed by atoms with van der Waals surface area (Å²) in [6.07, 6.45) is 4.31. The molecule has 14 heavy (non-hydrogen) atoms. The fourth-order valence-electron chi connectivity index (χ4n) is 1.76. The molecule has 1 aromatic heterocycles. The van der Waals surface area contributed by atoms with Crippen LogP contribution in [-0.2, 0) is 5.41 Å². The standard InChI is InChI=1S/C13H23N/c1-9(2)10(3)11-7-14-8-12(11)13(4,5)6/h7-10,14H,1-6H3. The van der Waals surface area contributed by atoms with Crippen molar-refractivity contribution in [3.05, 3.63) is 23.5 Å². The van der Waals surface area contributed by atoms with E-state index in [0.29, 0.717) is 11.8 Å². The van der Waals surface area contributed by atoms with Crippen LogP contribution in [0.25, 0.3) is 0 Å². The molecule has 0 spiro atoms. The van der Waals surface area contributed by atoms with E-state index in [2.05, 4.69) is 58.9 Å². The minimum Gasteiger partial charge on any atom is -0.367 e. The maximum atomic E-state index is 3.24. The fraction of sp³-hybridized carbons (Fsp3) is 0.692. The van der Waals surface area contributed by atoms with Crippen molar-refractivity contribution < 1.29 is 0 Å². The third-order valence-electron chi connectivity index (χ3n) is 3.08.